The number of rotatable bonds is 11. The first-order valence-electron chi connectivity index (χ1n) is 11.1. The van der Waals surface area contributed by atoms with Crippen molar-refractivity contribution in [3.63, 3.8) is 0 Å². The number of hydrogen-bond donors (Lipinski definition) is 1. The van der Waals surface area contributed by atoms with Crippen LogP contribution in [0.15, 0.2) is 46.9 Å². The molecule has 2 rings (SSSR count). The van der Waals surface area contributed by atoms with Gasteiger partial charge in [0.25, 0.3) is 0 Å². The second kappa shape index (κ2) is 12.9. The fourth-order valence-electron chi connectivity index (χ4n) is 3.44. The maximum atomic E-state index is 13.7. The minimum absolute atomic E-state index is 0.0513. The van der Waals surface area contributed by atoms with Crippen molar-refractivity contribution in [2.75, 3.05) is 17.1 Å². The summed E-state index contributed by atoms with van der Waals surface area (Å²) in [6, 6.07) is 10.8. The average Bonchev–Trinajstić information content (AvgIpc) is 2.79. The van der Waals surface area contributed by atoms with Gasteiger partial charge in [0.1, 0.15) is 12.6 Å². The van der Waals surface area contributed by atoms with Crippen LogP contribution in [-0.2, 0) is 26.2 Å². The average molecular weight is 607 g/mol. The minimum atomic E-state index is -3.81. The molecule has 0 aliphatic heterocycles. The van der Waals surface area contributed by atoms with Crippen molar-refractivity contribution in [1.29, 1.82) is 0 Å². The zero-order valence-electron chi connectivity index (χ0n) is 20.1. The summed E-state index contributed by atoms with van der Waals surface area (Å²) in [6.07, 6.45) is 2.10. The quantitative estimate of drug-likeness (QED) is 0.379. The van der Waals surface area contributed by atoms with Crippen molar-refractivity contribution >= 4 is 66.7 Å². The normalized spacial score (nSPS) is 13.1. The van der Waals surface area contributed by atoms with Crippen LogP contribution in [0.3, 0.4) is 0 Å². The van der Waals surface area contributed by atoms with Crippen LogP contribution in [0.25, 0.3) is 0 Å². The van der Waals surface area contributed by atoms with Crippen LogP contribution in [0.1, 0.15) is 39.2 Å². The lowest BCUT2D eigenvalue weighted by Gasteiger charge is -2.33. The summed E-state index contributed by atoms with van der Waals surface area (Å²) in [7, 11) is -3.81. The molecule has 2 atom stereocenters. The zero-order chi connectivity index (χ0) is 26.3. The van der Waals surface area contributed by atoms with Crippen LogP contribution in [0.4, 0.5) is 5.69 Å². The van der Waals surface area contributed by atoms with E-state index in [0.29, 0.717) is 32.2 Å². The number of nitrogens with one attached hydrogen (secondary N) is 1. The molecule has 35 heavy (non-hydrogen) atoms. The Bertz CT molecular complexity index is 1160. The molecule has 0 fully saturated rings. The first-order valence-corrected chi connectivity index (χ1v) is 14.5. The Balaban J connectivity index is 2.48. The van der Waals surface area contributed by atoms with Gasteiger partial charge in [-0.3, -0.25) is 13.9 Å². The Kier molecular flexibility index (Phi) is 10.9. The van der Waals surface area contributed by atoms with Crippen molar-refractivity contribution in [2.24, 2.45) is 0 Å². The van der Waals surface area contributed by atoms with E-state index in [0.717, 1.165) is 17.0 Å². The van der Waals surface area contributed by atoms with Gasteiger partial charge in [-0.15, -0.1) is 0 Å². The van der Waals surface area contributed by atoms with Gasteiger partial charge in [-0.25, -0.2) is 8.42 Å². The van der Waals surface area contributed by atoms with E-state index in [2.05, 4.69) is 21.2 Å². The van der Waals surface area contributed by atoms with Crippen molar-refractivity contribution < 1.29 is 18.0 Å². The van der Waals surface area contributed by atoms with Crippen molar-refractivity contribution in [2.45, 2.75) is 52.2 Å². The number of hydrogen-bond acceptors (Lipinski definition) is 4. The summed E-state index contributed by atoms with van der Waals surface area (Å²) in [5.41, 5.74) is 0.990. The van der Waals surface area contributed by atoms with Crippen molar-refractivity contribution in [3.8, 4) is 0 Å². The minimum Gasteiger partial charge on any atom is -0.352 e. The van der Waals surface area contributed by atoms with Gasteiger partial charge in [-0.1, -0.05) is 55.2 Å². The number of para-hydroxylation sites is 1. The molecule has 0 aliphatic carbocycles. The van der Waals surface area contributed by atoms with Crippen LogP contribution < -0.4 is 9.62 Å². The van der Waals surface area contributed by atoms with Gasteiger partial charge in [0.05, 0.1) is 22.0 Å². The fraction of sp³-hybridized carbons (Fsp3) is 0.417. The van der Waals surface area contributed by atoms with Gasteiger partial charge in [0.2, 0.25) is 21.8 Å². The Morgan fingerprint density at radius 2 is 1.71 bits per heavy atom. The summed E-state index contributed by atoms with van der Waals surface area (Å²) in [5, 5.41) is 3.61. The molecule has 0 radical (unpaired) electrons. The molecule has 0 unspecified atom stereocenters. The highest BCUT2D eigenvalue weighted by atomic mass is 79.9. The molecule has 0 bridgehead atoms. The molecule has 0 aromatic heterocycles. The highest BCUT2D eigenvalue weighted by molar-refractivity contribution is 9.10. The number of carbonyl (C=O) groups excluding carboxylic acids is 2. The number of anilines is 1. The predicted octanol–water partition coefficient (Wildman–Crippen LogP) is 5.24. The summed E-state index contributed by atoms with van der Waals surface area (Å²) in [5.74, 6) is -0.828. The van der Waals surface area contributed by atoms with Crippen molar-refractivity contribution in [3.05, 3.63) is 62.5 Å². The largest absolute Gasteiger partial charge is 0.352 e. The molecule has 11 heteroatoms. The molecule has 0 saturated carbocycles. The van der Waals surface area contributed by atoms with Crippen LogP contribution in [0.2, 0.25) is 10.0 Å². The first kappa shape index (κ1) is 29.4. The molecule has 2 aromatic rings. The Hall–Kier alpha value is -1.81. The highest BCUT2D eigenvalue weighted by Crippen LogP contribution is 2.28. The molecule has 192 valence electrons. The van der Waals surface area contributed by atoms with E-state index in [1.807, 2.05) is 13.8 Å². The SMILES string of the molecule is CC[C@@H](C)NC(=O)[C@@H](CC)N(Cc1ccc(Cl)c(Cl)c1)C(=O)CN(c1ccccc1Br)S(C)(=O)=O. The lowest BCUT2D eigenvalue weighted by Crippen LogP contribution is -2.53. The molecule has 2 aromatic carbocycles. The number of halogens is 3. The third kappa shape index (κ3) is 8.10. The molecular weight excluding hydrogens is 577 g/mol. The first-order chi connectivity index (χ1) is 16.4. The molecule has 1 N–H and O–H groups in total. The van der Waals surface area contributed by atoms with Gasteiger partial charge in [0, 0.05) is 17.1 Å². The van der Waals surface area contributed by atoms with Crippen LogP contribution >= 0.6 is 39.1 Å². The van der Waals surface area contributed by atoms with E-state index in [4.69, 9.17) is 23.2 Å². The van der Waals surface area contributed by atoms with E-state index < -0.39 is 28.5 Å². The molecule has 0 spiro atoms. The summed E-state index contributed by atoms with van der Waals surface area (Å²) in [6.45, 7) is 5.21. The topological polar surface area (TPSA) is 86.8 Å². The standard InChI is InChI=1S/C24H30BrCl2N3O4S/c1-5-16(3)28-24(32)21(6-2)29(14-17-11-12-19(26)20(27)13-17)23(31)15-30(35(4,33)34)22-10-8-7-9-18(22)25/h7-13,16,21H,5-6,14-15H2,1-4H3,(H,28,32)/t16-,21-/m1/s1. The zero-order valence-corrected chi connectivity index (χ0v) is 24.0. The molecule has 0 aliphatic rings. The number of carbonyl (C=O) groups is 2. The Morgan fingerprint density at radius 3 is 2.26 bits per heavy atom. The molecule has 0 heterocycles. The van der Waals surface area contributed by atoms with Gasteiger partial charge in [-0.05, 0) is 65.5 Å². The Morgan fingerprint density at radius 1 is 1.06 bits per heavy atom. The van der Waals surface area contributed by atoms with Gasteiger partial charge >= 0.3 is 0 Å². The molecular formula is C24H30BrCl2N3O4S. The third-order valence-electron chi connectivity index (χ3n) is 5.52. The highest BCUT2D eigenvalue weighted by Gasteiger charge is 2.32. The second-order valence-electron chi connectivity index (χ2n) is 8.23. The van der Waals surface area contributed by atoms with Crippen LogP contribution in [0, 0.1) is 0 Å². The van der Waals surface area contributed by atoms with E-state index in [9.17, 15) is 18.0 Å². The monoisotopic (exact) mass is 605 g/mol. The fourth-order valence-corrected chi connectivity index (χ4v) is 5.24. The second-order valence-corrected chi connectivity index (χ2v) is 11.8. The van der Waals surface area contributed by atoms with E-state index >= 15 is 0 Å². The van der Waals surface area contributed by atoms with E-state index in [1.54, 1.807) is 49.4 Å². The molecule has 7 nitrogen and oxygen atoms in total. The number of nitrogens with zero attached hydrogens (tertiary/aromatic N) is 2. The maximum Gasteiger partial charge on any atom is 0.244 e. The van der Waals surface area contributed by atoms with Crippen LogP contribution in [-0.4, -0.2) is 50.0 Å². The lowest BCUT2D eigenvalue weighted by molar-refractivity contribution is -0.140. The van der Waals surface area contributed by atoms with Crippen molar-refractivity contribution in [1.82, 2.24) is 10.2 Å². The maximum absolute atomic E-state index is 13.7. The number of benzene rings is 2. The van der Waals surface area contributed by atoms with Gasteiger partial charge in [0.15, 0.2) is 0 Å². The number of amides is 2. The summed E-state index contributed by atoms with van der Waals surface area (Å²) < 4.78 is 26.9. The van der Waals surface area contributed by atoms with Gasteiger partial charge in [-0.2, -0.15) is 0 Å². The number of sulfonamides is 1. The molecule has 2 amide bonds. The summed E-state index contributed by atoms with van der Waals surface area (Å²) in [4.78, 5) is 28.2. The van der Waals surface area contributed by atoms with Gasteiger partial charge < -0.3 is 10.2 Å². The smallest absolute Gasteiger partial charge is 0.244 e. The predicted molar refractivity (Wildman–Crippen MR) is 145 cm³/mol. The Labute approximate surface area is 225 Å². The van der Waals surface area contributed by atoms with E-state index in [1.165, 1.54) is 4.90 Å². The van der Waals surface area contributed by atoms with Crippen LogP contribution in [0.5, 0.6) is 0 Å². The lowest BCUT2D eigenvalue weighted by atomic mass is 10.1. The summed E-state index contributed by atoms with van der Waals surface area (Å²) >= 11 is 15.6. The molecule has 0 saturated heterocycles. The third-order valence-corrected chi connectivity index (χ3v) is 8.06. The van der Waals surface area contributed by atoms with E-state index in [-0.39, 0.29) is 18.5 Å².